The number of carbonyl (C=O) groups excluding carboxylic acids is 1. The van der Waals surface area contributed by atoms with E-state index in [1.54, 1.807) is 66.1 Å². The Kier molecular flexibility index (Phi) is 5.21. The van der Waals surface area contributed by atoms with E-state index in [1.807, 2.05) is 0 Å². The van der Waals surface area contributed by atoms with Gasteiger partial charge in [-0.15, -0.1) is 0 Å². The van der Waals surface area contributed by atoms with Crippen LogP contribution in [0.3, 0.4) is 0 Å². The average Bonchev–Trinajstić information content (AvgIpc) is 3.48. The summed E-state index contributed by atoms with van der Waals surface area (Å²) in [5.41, 5.74) is 1.45. The van der Waals surface area contributed by atoms with Crippen molar-refractivity contribution in [3.05, 3.63) is 72.6 Å². The van der Waals surface area contributed by atoms with Gasteiger partial charge >= 0.3 is 0 Å². The van der Waals surface area contributed by atoms with Crippen LogP contribution in [0.5, 0.6) is 17.2 Å². The molecule has 0 fully saturated rings. The molecule has 0 amide bonds. The van der Waals surface area contributed by atoms with Crippen molar-refractivity contribution in [1.82, 2.24) is 14.5 Å². The SMILES string of the molecule is COc1cc(C(=O)c2cn(-c3cnccn3)cc2-c2ccco2)cc(OC)c1OC. The van der Waals surface area contributed by atoms with Gasteiger partial charge in [-0.25, -0.2) is 4.98 Å². The first kappa shape index (κ1) is 19.3. The lowest BCUT2D eigenvalue weighted by Gasteiger charge is -2.13. The van der Waals surface area contributed by atoms with Gasteiger partial charge in [-0.05, 0) is 24.3 Å². The Labute approximate surface area is 172 Å². The average molecular weight is 405 g/mol. The van der Waals surface area contributed by atoms with Crippen LogP contribution < -0.4 is 14.2 Å². The Morgan fingerprint density at radius 1 is 1.03 bits per heavy atom. The molecule has 8 nitrogen and oxygen atoms in total. The largest absolute Gasteiger partial charge is 0.493 e. The Bertz CT molecular complexity index is 1140. The van der Waals surface area contributed by atoms with Crippen LogP contribution in [-0.4, -0.2) is 41.6 Å². The summed E-state index contributed by atoms with van der Waals surface area (Å²) in [5.74, 6) is 2.12. The molecule has 8 heteroatoms. The molecule has 30 heavy (non-hydrogen) atoms. The molecule has 0 aliphatic rings. The van der Waals surface area contributed by atoms with Crippen LogP contribution in [0, 0.1) is 0 Å². The van der Waals surface area contributed by atoms with Crippen molar-refractivity contribution in [3.8, 4) is 34.4 Å². The van der Waals surface area contributed by atoms with Crippen molar-refractivity contribution >= 4 is 5.78 Å². The number of furan rings is 1. The number of ether oxygens (including phenoxy) is 3. The van der Waals surface area contributed by atoms with Crippen LogP contribution in [-0.2, 0) is 0 Å². The Hall–Kier alpha value is -4.07. The molecule has 0 radical (unpaired) electrons. The van der Waals surface area contributed by atoms with Gasteiger partial charge in [0, 0.05) is 35.9 Å². The number of ketones is 1. The van der Waals surface area contributed by atoms with E-state index in [9.17, 15) is 4.79 Å². The summed E-state index contributed by atoms with van der Waals surface area (Å²) in [4.78, 5) is 21.9. The fourth-order valence-corrected chi connectivity index (χ4v) is 3.19. The van der Waals surface area contributed by atoms with Gasteiger partial charge in [0.1, 0.15) is 5.76 Å². The lowest BCUT2D eigenvalue weighted by molar-refractivity contribution is 0.103. The molecule has 0 bridgehead atoms. The van der Waals surface area contributed by atoms with Gasteiger partial charge in [0.25, 0.3) is 0 Å². The van der Waals surface area contributed by atoms with Crippen LogP contribution >= 0.6 is 0 Å². The molecule has 3 aromatic heterocycles. The highest BCUT2D eigenvalue weighted by Gasteiger charge is 2.23. The van der Waals surface area contributed by atoms with Crippen molar-refractivity contribution in [3.63, 3.8) is 0 Å². The highest BCUT2D eigenvalue weighted by molar-refractivity contribution is 6.13. The second kappa shape index (κ2) is 8.12. The summed E-state index contributed by atoms with van der Waals surface area (Å²) >= 11 is 0. The number of hydrogen-bond acceptors (Lipinski definition) is 7. The van der Waals surface area contributed by atoms with Crippen molar-refractivity contribution in [1.29, 1.82) is 0 Å². The number of hydrogen-bond donors (Lipinski definition) is 0. The summed E-state index contributed by atoms with van der Waals surface area (Å²) in [5, 5.41) is 0. The number of benzene rings is 1. The molecule has 0 atom stereocenters. The minimum Gasteiger partial charge on any atom is -0.493 e. The van der Waals surface area contributed by atoms with Gasteiger partial charge in [0.05, 0.1) is 39.4 Å². The third kappa shape index (κ3) is 3.39. The predicted octanol–water partition coefficient (Wildman–Crippen LogP) is 3.78. The minimum absolute atomic E-state index is 0.233. The lowest BCUT2D eigenvalue weighted by atomic mass is 10.0. The second-order valence-electron chi connectivity index (χ2n) is 6.28. The highest BCUT2D eigenvalue weighted by Crippen LogP contribution is 2.39. The molecule has 1 aromatic carbocycles. The maximum absolute atomic E-state index is 13.5. The summed E-state index contributed by atoms with van der Waals surface area (Å²) in [7, 11) is 4.52. The molecule has 0 N–H and O–H groups in total. The molecule has 0 saturated heterocycles. The minimum atomic E-state index is -0.233. The number of rotatable bonds is 7. The standard InChI is InChI=1S/C22H19N3O5/c1-27-18-9-14(10-19(28-2)22(18)29-3)21(26)16-13-25(20-11-23-6-7-24-20)12-15(16)17-5-4-8-30-17/h4-13H,1-3H3. The normalized spacial score (nSPS) is 10.6. The van der Waals surface area contributed by atoms with Crippen molar-refractivity contribution < 1.29 is 23.4 Å². The molecule has 0 aliphatic carbocycles. The summed E-state index contributed by atoms with van der Waals surface area (Å²) in [6.45, 7) is 0. The van der Waals surface area contributed by atoms with Crippen LogP contribution in [0.2, 0.25) is 0 Å². The maximum atomic E-state index is 13.5. The molecule has 3 heterocycles. The van der Waals surface area contributed by atoms with E-state index in [0.29, 0.717) is 45.5 Å². The van der Waals surface area contributed by atoms with E-state index < -0.39 is 0 Å². The first-order valence-electron chi connectivity index (χ1n) is 9.03. The van der Waals surface area contributed by atoms with E-state index in [1.165, 1.54) is 21.3 Å². The topological polar surface area (TPSA) is 88.6 Å². The Morgan fingerprint density at radius 3 is 2.37 bits per heavy atom. The quantitative estimate of drug-likeness (QED) is 0.432. The van der Waals surface area contributed by atoms with E-state index in [0.717, 1.165) is 0 Å². The molecule has 4 rings (SSSR count). The fourth-order valence-electron chi connectivity index (χ4n) is 3.19. The Balaban J connectivity index is 1.86. The zero-order valence-corrected chi connectivity index (χ0v) is 16.7. The molecule has 152 valence electrons. The number of carbonyl (C=O) groups is 1. The molecular weight excluding hydrogens is 386 g/mol. The monoisotopic (exact) mass is 405 g/mol. The molecule has 0 aliphatic heterocycles. The summed E-state index contributed by atoms with van der Waals surface area (Å²) in [6.07, 6.45) is 9.83. The second-order valence-corrected chi connectivity index (χ2v) is 6.28. The predicted molar refractivity (Wildman–Crippen MR) is 109 cm³/mol. The lowest BCUT2D eigenvalue weighted by Crippen LogP contribution is -2.04. The van der Waals surface area contributed by atoms with Crippen molar-refractivity contribution in [2.24, 2.45) is 0 Å². The molecular formula is C22H19N3O5. The van der Waals surface area contributed by atoms with E-state index >= 15 is 0 Å². The summed E-state index contributed by atoms with van der Waals surface area (Å²) < 4.78 is 23.4. The molecule has 4 aromatic rings. The zero-order valence-electron chi connectivity index (χ0n) is 16.7. The van der Waals surface area contributed by atoms with Crippen LogP contribution in [0.1, 0.15) is 15.9 Å². The van der Waals surface area contributed by atoms with Crippen LogP contribution in [0.4, 0.5) is 0 Å². The third-order valence-electron chi connectivity index (χ3n) is 4.60. The van der Waals surface area contributed by atoms with Gasteiger partial charge in [-0.2, -0.15) is 0 Å². The van der Waals surface area contributed by atoms with E-state index in [-0.39, 0.29) is 5.78 Å². The number of methoxy groups -OCH3 is 3. The van der Waals surface area contributed by atoms with Crippen LogP contribution in [0.15, 0.2) is 65.9 Å². The fraction of sp³-hybridized carbons (Fsp3) is 0.136. The molecule has 0 spiro atoms. The van der Waals surface area contributed by atoms with Crippen LogP contribution in [0.25, 0.3) is 17.1 Å². The van der Waals surface area contributed by atoms with E-state index in [4.69, 9.17) is 18.6 Å². The maximum Gasteiger partial charge on any atom is 0.203 e. The van der Waals surface area contributed by atoms with Crippen molar-refractivity contribution in [2.75, 3.05) is 21.3 Å². The summed E-state index contributed by atoms with van der Waals surface area (Å²) in [6, 6.07) is 6.80. The van der Waals surface area contributed by atoms with Gasteiger partial charge in [0.2, 0.25) is 5.75 Å². The number of aromatic nitrogens is 3. The van der Waals surface area contributed by atoms with Gasteiger partial charge < -0.3 is 23.2 Å². The van der Waals surface area contributed by atoms with Gasteiger partial charge in [-0.3, -0.25) is 9.78 Å². The first-order chi connectivity index (χ1) is 14.7. The van der Waals surface area contributed by atoms with Gasteiger partial charge in [-0.1, -0.05) is 0 Å². The van der Waals surface area contributed by atoms with E-state index in [2.05, 4.69) is 9.97 Å². The van der Waals surface area contributed by atoms with Gasteiger partial charge in [0.15, 0.2) is 23.1 Å². The zero-order chi connectivity index (χ0) is 21.1. The Morgan fingerprint density at radius 2 is 1.80 bits per heavy atom. The molecule has 0 unspecified atom stereocenters. The highest BCUT2D eigenvalue weighted by atomic mass is 16.5. The first-order valence-corrected chi connectivity index (χ1v) is 9.03. The third-order valence-corrected chi connectivity index (χ3v) is 4.60. The smallest absolute Gasteiger partial charge is 0.203 e. The van der Waals surface area contributed by atoms with Crippen molar-refractivity contribution in [2.45, 2.75) is 0 Å². The number of nitrogens with zero attached hydrogens (tertiary/aromatic N) is 3. The molecule has 0 saturated carbocycles.